The zero-order chi connectivity index (χ0) is 21.0. The molecule has 1 aliphatic heterocycles. The molecule has 0 aromatic heterocycles. The van der Waals surface area contributed by atoms with Gasteiger partial charge in [-0.05, 0) is 48.7 Å². The van der Waals surface area contributed by atoms with Crippen LogP contribution in [0.4, 0.5) is 5.69 Å². The Morgan fingerprint density at radius 3 is 2.83 bits per heavy atom. The maximum atomic E-state index is 12.6. The molecule has 0 spiro atoms. The van der Waals surface area contributed by atoms with Crippen molar-refractivity contribution in [2.45, 2.75) is 18.9 Å². The maximum absolute atomic E-state index is 12.6. The average Bonchev–Trinajstić information content (AvgIpc) is 2.69. The first-order valence-electron chi connectivity index (χ1n) is 9.12. The maximum Gasteiger partial charge on any atom is 0.263 e. The van der Waals surface area contributed by atoms with Crippen LogP contribution in [0.15, 0.2) is 42.5 Å². The highest BCUT2D eigenvalue weighted by Gasteiger charge is 2.35. The van der Waals surface area contributed by atoms with Gasteiger partial charge in [0, 0.05) is 11.6 Å². The number of carbonyl (C=O) groups excluding carboxylic acids is 1. The highest BCUT2D eigenvalue weighted by Crippen LogP contribution is 2.37. The minimum atomic E-state index is -3.59. The van der Waals surface area contributed by atoms with E-state index in [1.807, 2.05) is 24.3 Å². The van der Waals surface area contributed by atoms with E-state index in [2.05, 4.69) is 5.32 Å². The molecule has 0 saturated heterocycles. The first-order chi connectivity index (χ1) is 13.8. The number of benzene rings is 2. The number of hydrogen-bond donors (Lipinski definition) is 1. The number of sulfonamides is 1. The summed E-state index contributed by atoms with van der Waals surface area (Å²) in [6.45, 7) is 0.343. The second kappa shape index (κ2) is 8.92. The summed E-state index contributed by atoms with van der Waals surface area (Å²) in [4.78, 5) is 12.6. The molecule has 7 nitrogen and oxygen atoms in total. The molecular weight excluding hydrogens is 416 g/mol. The van der Waals surface area contributed by atoms with Crippen molar-refractivity contribution < 1.29 is 22.7 Å². The normalized spacial score (nSPS) is 16.0. The van der Waals surface area contributed by atoms with Gasteiger partial charge in [0.15, 0.2) is 6.10 Å². The first-order valence-corrected chi connectivity index (χ1v) is 11.3. The third-order valence-corrected chi connectivity index (χ3v) is 5.94. The fourth-order valence-corrected chi connectivity index (χ4v) is 4.19. The van der Waals surface area contributed by atoms with Crippen molar-refractivity contribution in [3.63, 3.8) is 0 Å². The van der Waals surface area contributed by atoms with E-state index < -0.39 is 16.1 Å². The molecule has 1 unspecified atom stereocenters. The minimum absolute atomic E-state index is 0.103. The lowest BCUT2D eigenvalue weighted by Crippen LogP contribution is -2.50. The molecule has 1 heterocycles. The topological polar surface area (TPSA) is 84.9 Å². The molecule has 1 aliphatic rings. The van der Waals surface area contributed by atoms with E-state index >= 15 is 0 Å². The molecule has 0 saturated carbocycles. The summed E-state index contributed by atoms with van der Waals surface area (Å²) in [5, 5.41) is 3.21. The number of ether oxygens (including phenoxy) is 2. The Labute approximate surface area is 175 Å². The number of nitrogens with one attached hydrogen (secondary N) is 1. The lowest BCUT2D eigenvalue weighted by Gasteiger charge is -2.34. The summed E-state index contributed by atoms with van der Waals surface area (Å²) in [5.41, 5.74) is 1.45. The third kappa shape index (κ3) is 5.33. The number of amides is 1. The Hall–Kier alpha value is -2.45. The average molecular weight is 439 g/mol. The van der Waals surface area contributed by atoms with E-state index in [-0.39, 0.29) is 12.5 Å². The third-order valence-electron chi connectivity index (χ3n) is 4.56. The molecule has 3 rings (SSSR count). The number of hydrogen-bond acceptors (Lipinski definition) is 5. The van der Waals surface area contributed by atoms with Crippen molar-refractivity contribution in [3.05, 3.63) is 53.1 Å². The van der Waals surface area contributed by atoms with Crippen LogP contribution in [0.25, 0.3) is 0 Å². The minimum Gasteiger partial charge on any atom is -0.497 e. The number of methoxy groups -OCH3 is 1. The van der Waals surface area contributed by atoms with Crippen molar-refractivity contribution in [2.24, 2.45) is 0 Å². The monoisotopic (exact) mass is 438 g/mol. The fraction of sp³-hybridized carbons (Fsp3) is 0.350. The molecule has 29 heavy (non-hydrogen) atoms. The van der Waals surface area contributed by atoms with Crippen LogP contribution in [-0.4, -0.2) is 46.9 Å². The molecule has 0 aliphatic carbocycles. The molecule has 2 aromatic rings. The number of halogens is 1. The lowest BCUT2D eigenvalue weighted by molar-refractivity contribution is -0.127. The van der Waals surface area contributed by atoms with Crippen LogP contribution in [0.5, 0.6) is 11.5 Å². The van der Waals surface area contributed by atoms with Crippen LogP contribution in [0.1, 0.15) is 12.0 Å². The Kier molecular flexibility index (Phi) is 6.54. The standard InChI is InChI=1S/C20H23ClN2O5S/c1-27-16-7-3-5-14(11-16)6-4-10-22-20(24)19-13-23(29(2,25)26)17-12-15(21)8-9-18(17)28-19/h3,5,7-9,11-12,19H,4,6,10,13H2,1-2H3,(H,22,24). The van der Waals surface area contributed by atoms with E-state index in [9.17, 15) is 13.2 Å². The molecular formula is C20H23ClN2O5S. The highest BCUT2D eigenvalue weighted by molar-refractivity contribution is 7.92. The number of nitrogens with zero attached hydrogens (tertiary/aromatic N) is 1. The van der Waals surface area contributed by atoms with Gasteiger partial charge >= 0.3 is 0 Å². The van der Waals surface area contributed by atoms with E-state index in [4.69, 9.17) is 21.1 Å². The van der Waals surface area contributed by atoms with E-state index in [0.29, 0.717) is 23.0 Å². The summed E-state index contributed by atoms with van der Waals surface area (Å²) < 4.78 is 36.4. The summed E-state index contributed by atoms with van der Waals surface area (Å²) in [5.74, 6) is 0.745. The molecule has 0 radical (unpaired) electrons. The predicted molar refractivity (Wildman–Crippen MR) is 112 cm³/mol. The number of fused-ring (bicyclic) bond motifs is 1. The van der Waals surface area contributed by atoms with Gasteiger partial charge < -0.3 is 14.8 Å². The van der Waals surface area contributed by atoms with E-state index in [1.54, 1.807) is 19.2 Å². The van der Waals surface area contributed by atoms with Gasteiger partial charge in [0.05, 0.1) is 25.6 Å². The smallest absolute Gasteiger partial charge is 0.263 e. The van der Waals surface area contributed by atoms with Gasteiger partial charge in [-0.15, -0.1) is 0 Å². The molecule has 2 aromatic carbocycles. The van der Waals surface area contributed by atoms with Crippen molar-refractivity contribution >= 4 is 33.2 Å². The SMILES string of the molecule is COc1cccc(CCCNC(=O)C2CN(S(C)(=O)=O)c3cc(Cl)ccc3O2)c1. The zero-order valence-corrected chi connectivity index (χ0v) is 17.8. The van der Waals surface area contributed by atoms with Crippen LogP contribution in [0.2, 0.25) is 5.02 Å². The van der Waals surface area contributed by atoms with Crippen molar-refractivity contribution in [3.8, 4) is 11.5 Å². The summed E-state index contributed by atoms with van der Waals surface area (Å²) in [6, 6.07) is 12.4. The van der Waals surface area contributed by atoms with Gasteiger partial charge in [0.25, 0.3) is 5.91 Å². The molecule has 1 amide bonds. The Morgan fingerprint density at radius 1 is 1.31 bits per heavy atom. The Balaban J connectivity index is 1.60. The summed E-state index contributed by atoms with van der Waals surface area (Å²) >= 11 is 5.98. The van der Waals surface area contributed by atoms with Crippen LogP contribution >= 0.6 is 11.6 Å². The second-order valence-electron chi connectivity index (χ2n) is 6.76. The Morgan fingerprint density at radius 2 is 2.10 bits per heavy atom. The molecule has 9 heteroatoms. The quantitative estimate of drug-likeness (QED) is 0.672. The van der Waals surface area contributed by atoms with Crippen molar-refractivity contribution in [1.82, 2.24) is 5.32 Å². The van der Waals surface area contributed by atoms with Crippen LogP contribution in [0.3, 0.4) is 0 Å². The number of aryl methyl sites for hydroxylation is 1. The van der Waals surface area contributed by atoms with Crippen LogP contribution in [-0.2, 0) is 21.2 Å². The summed E-state index contributed by atoms with van der Waals surface area (Å²) in [7, 11) is -1.97. The largest absolute Gasteiger partial charge is 0.497 e. The molecule has 1 atom stereocenters. The number of anilines is 1. The van der Waals surface area contributed by atoms with Gasteiger partial charge in [-0.1, -0.05) is 23.7 Å². The number of carbonyl (C=O) groups is 1. The first kappa shape index (κ1) is 21.3. The summed E-state index contributed by atoms with van der Waals surface area (Å²) in [6.07, 6.45) is 1.66. The zero-order valence-electron chi connectivity index (χ0n) is 16.2. The van der Waals surface area contributed by atoms with E-state index in [0.717, 1.165) is 34.7 Å². The van der Waals surface area contributed by atoms with Crippen LogP contribution in [0, 0.1) is 0 Å². The second-order valence-corrected chi connectivity index (χ2v) is 9.10. The van der Waals surface area contributed by atoms with Crippen LogP contribution < -0.4 is 19.1 Å². The van der Waals surface area contributed by atoms with Gasteiger partial charge in [-0.3, -0.25) is 9.10 Å². The van der Waals surface area contributed by atoms with Gasteiger partial charge in [-0.2, -0.15) is 0 Å². The van der Waals surface area contributed by atoms with Crippen molar-refractivity contribution in [2.75, 3.05) is 30.8 Å². The van der Waals surface area contributed by atoms with Gasteiger partial charge in [-0.25, -0.2) is 8.42 Å². The molecule has 0 fully saturated rings. The van der Waals surface area contributed by atoms with Gasteiger partial charge in [0.2, 0.25) is 10.0 Å². The molecule has 1 N–H and O–H groups in total. The molecule has 156 valence electrons. The molecule has 0 bridgehead atoms. The van der Waals surface area contributed by atoms with Gasteiger partial charge in [0.1, 0.15) is 11.5 Å². The highest BCUT2D eigenvalue weighted by atomic mass is 35.5. The number of rotatable bonds is 7. The van der Waals surface area contributed by atoms with Crippen molar-refractivity contribution in [1.29, 1.82) is 0 Å². The Bertz CT molecular complexity index is 996. The lowest BCUT2D eigenvalue weighted by atomic mass is 10.1. The fourth-order valence-electron chi connectivity index (χ4n) is 3.12. The van der Waals surface area contributed by atoms with E-state index in [1.165, 1.54) is 6.07 Å². The predicted octanol–water partition coefficient (Wildman–Crippen LogP) is 2.62.